The predicted octanol–water partition coefficient (Wildman–Crippen LogP) is 2.70. The van der Waals surface area contributed by atoms with Crippen molar-refractivity contribution < 1.29 is 4.79 Å². The van der Waals surface area contributed by atoms with Crippen LogP contribution in [0.25, 0.3) is 0 Å². The summed E-state index contributed by atoms with van der Waals surface area (Å²) in [5.74, 6) is 0.458. The third-order valence-corrected chi connectivity index (χ3v) is 5.30. The van der Waals surface area contributed by atoms with Crippen molar-refractivity contribution in [2.75, 3.05) is 13.1 Å². The van der Waals surface area contributed by atoms with Gasteiger partial charge in [0.25, 0.3) is 0 Å². The Morgan fingerprint density at radius 3 is 2.47 bits per heavy atom. The van der Waals surface area contributed by atoms with Crippen LogP contribution in [0.4, 0.5) is 0 Å². The molecule has 108 valence electrons. The minimum Gasteiger partial charge on any atom is -0.338 e. The highest BCUT2D eigenvalue weighted by molar-refractivity contribution is 5.83. The maximum atomic E-state index is 12.9. The van der Waals surface area contributed by atoms with Gasteiger partial charge in [-0.3, -0.25) is 4.79 Å². The van der Waals surface area contributed by atoms with E-state index in [1.54, 1.807) is 0 Å². The average Bonchev–Trinajstić information content (AvgIpc) is 3.18. The molecular weight excluding hydrogens is 236 g/mol. The molecule has 3 rings (SSSR count). The molecule has 3 aliphatic rings. The second kappa shape index (κ2) is 5.43. The number of hydrogen-bond acceptors (Lipinski definition) is 2. The van der Waals surface area contributed by atoms with E-state index in [2.05, 4.69) is 17.1 Å². The average molecular weight is 264 g/mol. The number of carbonyl (C=O) groups is 1. The lowest BCUT2D eigenvalue weighted by molar-refractivity contribution is -0.142. The Kier molecular flexibility index (Phi) is 3.84. The fourth-order valence-corrected chi connectivity index (χ4v) is 3.82. The first kappa shape index (κ1) is 13.4. The lowest BCUT2D eigenvalue weighted by atomic mass is 9.86. The summed E-state index contributed by atoms with van der Waals surface area (Å²) in [5, 5.41) is 3.60. The molecule has 1 amide bonds. The van der Waals surface area contributed by atoms with E-state index in [0.29, 0.717) is 18.0 Å². The SMILES string of the molecule is CC1(C(=O)N(CC2CCCCN2)C2CC2)CCCC1. The van der Waals surface area contributed by atoms with E-state index in [9.17, 15) is 4.79 Å². The molecule has 1 heterocycles. The van der Waals surface area contributed by atoms with E-state index in [0.717, 1.165) is 25.9 Å². The van der Waals surface area contributed by atoms with Crippen LogP contribution in [0.2, 0.25) is 0 Å². The van der Waals surface area contributed by atoms with Crippen molar-refractivity contribution in [2.24, 2.45) is 5.41 Å². The van der Waals surface area contributed by atoms with Gasteiger partial charge in [0, 0.05) is 24.0 Å². The molecule has 2 saturated carbocycles. The molecule has 1 aliphatic heterocycles. The Hall–Kier alpha value is -0.570. The van der Waals surface area contributed by atoms with Crippen molar-refractivity contribution in [1.82, 2.24) is 10.2 Å². The second-order valence-electron chi connectivity index (χ2n) is 7.10. The second-order valence-corrected chi connectivity index (χ2v) is 7.10. The molecule has 0 bridgehead atoms. The molecule has 0 aromatic rings. The minimum absolute atomic E-state index is 0.0444. The van der Waals surface area contributed by atoms with Crippen molar-refractivity contribution in [3.05, 3.63) is 0 Å². The third-order valence-electron chi connectivity index (χ3n) is 5.30. The number of amides is 1. The molecular formula is C16H28N2O. The van der Waals surface area contributed by atoms with Gasteiger partial charge in [0.2, 0.25) is 5.91 Å². The van der Waals surface area contributed by atoms with E-state index in [1.807, 2.05) is 0 Å². The molecule has 0 spiro atoms. The van der Waals surface area contributed by atoms with Crippen LogP contribution in [0.1, 0.15) is 64.7 Å². The zero-order valence-electron chi connectivity index (χ0n) is 12.3. The van der Waals surface area contributed by atoms with Crippen LogP contribution < -0.4 is 5.32 Å². The van der Waals surface area contributed by atoms with Crippen LogP contribution in [0.3, 0.4) is 0 Å². The van der Waals surface area contributed by atoms with Gasteiger partial charge in [-0.15, -0.1) is 0 Å². The molecule has 1 atom stereocenters. The van der Waals surface area contributed by atoms with Crippen LogP contribution in [-0.2, 0) is 4.79 Å². The zero-order chi connectivity index (χ0) is 13.3. The van der Waals surface area contributed by atoms with Crippen molar-refractivity contribution in [3.8, 4) is 0 Å². The highest BCUT2D eigenvalue weighted by Gasteiger charge is 2.44. The van der Waals surface area contributed by atoms with E-state index < -0.39 is 0 Å². The topological polar surface area (TPSA) is 32.3 Å². The molecule has 19 heavy (non-hydrogen) atoms. The maximum Gasteiger partial charge on any atom is 0.228 e. The molecule has 0 aromatic heterocycles. The van der Waals surface area contributed by atoms with Crippen molar-refractivity contribution in [2.45, 2.75) is 76.8 Å². The van der Waals surface area contributed by atoms with Gasteiger partial charge < -0.3 is 10.2 Å². The normalized spacial score (nSPS) is 30.3. The van der Waals surface area contributed by atoms with Crippen LogP contribution >= 0.6 is 0 Å². The summed E-state index contributed by atoms with van der Waals surface area (Å²) in [6.07, 6.45) is 11.0. The molecule has 3 nitrogen and oxygen atoms in total. The Morgan fingerprint density at radius 1 is 1.16 bits per heavy atom. The van der Waals surface area contributed by atoms with E-state index in [1.165, 1.54) is 44.9 Å². The number of piperidine rings is 1. The summed E-state index contributed by atoms with van der Waals surface area (Å²) in [6.45, 7) is 4.29. The Morgan fingerprint density at radius 2 is 1.89 bits per heavy atom. The van der Waals surface area contributed by atoms with Gasteiger partial charge in [0.05, 0.1) is 0 Å². The number of carbonyl (C=O) groups excluding carboxylic acids is 1. The first-order valence-electron chi connectivity index (χ1n) is 8.23. The van der Waals surface area contributed by atoms with Crippen molar-refractivity contribution in [1.29, 1.82) is 0 Å². The minimum atomic E-state index is -0.0444. The van der Waals surface area contributed by atoms with Crippen LogP contribution in [0.5, 0.6) is 0 Å². The largest absolute Gasteiger partial charge is 0.338 e. The first-order chi connectivity index (χ1) is 9.19. The Labute approximate surface area is 117 Å². The molecule has 1 N–H and O–H groups in total. The Bertz CT molecular complexity index is 326. The summed E-state index contributed by atoms with van der Waals surface area (Å²) >= 11 is 0. The van der Waals surface area contributed by atoms with E-state index >= 15 is 0 Å². The van der Waals surface area contributed by atoms with E-state index in [4.69, 9.17) is 0 Å². The molecule has 1 unspecified atom stereocenters. The Balaban J connectivity index is 1.64. The highest BCUT2D eigenvalue weighted by atomic mass is 16.2. The summed E-state index contributed by atoms with van der Waals surface area (Å²) in [4.78, 5) is 15.2. The quantitative estimate of drug-likeness (QED) is 0.846. The summed E-state index contributed by atoms with van der Waals surface area (Å²) in [6, 6.07) is 1.11. The monoisotopic (exact) mass is 264 g/mol. The molecule has 3 heteroatoms. The van der Waals surface area contributed by atoms with Crippen molar-refractivity contribution in [3.63, 3.8) is 0 Å². The molecule has 1 saturated heterocycles. The zero-order valence-corrected chi connectivity index (χ0v) is 12.3. The van der Waals surface area contributed by atoms with Crippen molar-refractivity contribution >= 4 is 5.91 Å². The van der Waals surface area contributed by atoms with E-state index in [-0.39, 0.29) is 5.41 Å². The number of nitrogens with zero attached hydrogens (tertiary/aromatic N) is 1. The standard InChI is InChI=1S/C16H28N2O/c1-16(9-3-4-10-16)15(19)18(14-7-8-14)12-13-6-2-5-11-17-13/h13-14,17H,2-12H2,1H3. The van der Waals surface area contributed by atoms with Gasteiger partial charge in [-0.25, -0.2) is 0 Å². The summed E-state index contributed by atoms with van der Waals surface area (Å²) in [5.41, 5.74) is -0.0444. The first-order valence-corrected chi connectivity index (χ1v) is 8.23. The molecule has 3 fully saturated rings. The van der Waals surface area contributed by atoms with Crippen LogP contribution in [0.15, 0.2) is 0 Å². The van der Waals surface area contributed by atoms with Gasteiger partial charge >= 0.3 is 0 Å². The highest BCUT2D eigenvalue weighted by Crippen LogP contribution is 2.41. The smallest absolute Gasteiger partial charge is 0.228 e. The van der Waals surface area contributed by atoms with Gasteiger partial charge in [-0.05, 0) is 45.1 Å². The summed E-state index contributed by atoms with van der Waals surface area (Å²) < 4.78 is 0. The van der Waals surface area contributed by atoms with Crippen LogP contribution in [0, 0.1) is 5.41 Å². The molecule has 0 aromatic carbocycles. The fourth-order valence-electron chi connectivity index (χ4n) is 3.82. The van der Waals surface area contributed by atoms with Gasteiger partial charge in [-0.1, -0.05) is 26.2 Å². The maximum absolute atomic E-state index is 12.9. The lowest BCUT2D eigenvalue weighted by Crippen LogP contribution is -2.50. The van der Waals surface area contributed by atoms with Gasteiger partial charge in [0.1, 0.15) is 0 Å². The lowest BCUT2D eigenvalue weighted by Gasteiger charge is -2.35. The van der Waals surface area contributed by atoms with Gasteiger partial charge in [-0.2, -0.15) is 0 Å². The van der Waals surface area contributed by atoms with Gasteiger partial charge in [0.15, 0.2) is 0 Å². The molecule has 0 radical (unpaired) electrons. The van der Waals surface area contributed by atoms with Crippen LogP contribution in [-0.4, -0.2) is 36.0 Å². The predicted molar refractivity (Wildman–Crippen MR) is 77.0 cm³/mol. The number of nitrogens with one attached hydrogen (secondary N) is 1. The number of rotatable bonds is 4. The fraction of sp³-hybridized carbons (Fsp3) is 0.938. The number of hydrogen-bond donors (Lipinski definition) is 1. The molecule has 2 aliphatic carbocycles. The third kappa shape index (κ3) is 2.96. The summed E-state index contributed by atoms with van der Waals surface area (Å²) in [7, 11) is 0.